The van der Waals surface area contributed by atoms with Crippen LogP contribution in [0.1, 0.15) is 25.3 Å². The number of carbonyl (C=O) groups is 1. The third kappa shape index (κ3) is 5.02. The van der Waals surface area contributed by atoms with E-state index in [4.69, 9.17) is 14.2 Å². The van der Waals surface area contributed by atoms with Crippen LogP contribution in [-0.4, -0.2) is 58.3 Å². The van der Waals surface area contributed by atoms with E-state index in [0.717, 1.165) is 24.3 Å². The summed E-state index contributed by atoms with van der Waals surface area (Å²) in [5, 5.41) is 11.1. The van der Waals surface area contributed by atoms with E-state index in [-0.39, 0.29) is 24.9 Å². The van der Waals surface area contributed by atoms with Gasteiger partial charge in [-0.1, -0.05) is 49.5 Å². The first-order valence-electron chi connectivity index (χ1n) is 12.3. The lowest BCUT2D eigenvalue weighted by Crippen LogP contribution is -2.50. The van der Waals surface area contributed by atoms with Gasteiger partial charge in [0.1, 0.15) is 12.4 Å². The van der Waals surface area contributed by atoms with Gasteiger partial charge in [-0.05, 0) is 60.6 Å². The van der Waals surface area contributed by atoms with Crippen molar-refractivity contribution in [3.05, 3.63) is 54.1 Å². The Hall–Kier alpha value is -2.35. The molecule has 0 saturated carbocycles. The zero-order valence-corrected chi connectivity index (χ0v) is 21.7. The summed E-state index contributed by atoms with van der Waals surface area (Å²) in [4.78, 5) is 13.5. The summed E-state index contributed by atoms with van der Waals surface area (Å²) in [5.41, 5.74) is 2.55. The molecule has 2 aliphatic heterocycles. The highest BCUT2D eigenvalue weighted by atomic mass is 28.3. The van der Waals surface area contributed by atoms with Crippen LogP contribution < -0.4 is 14.8 Å². The van der Waals surface area contributed by atoms with Gasteiger partial charge in [-0.2, -0.15) is 0 Å². The fourth-order valence-electron chi connectivity index (χ4n) is 5.82. The highest BCUT2D eigenvalue weighted by Gasteiger charge is 2.50. The summed E-state index contributed by atoms with van der Waals surface area (Å²) < 4.78 is 17.0. The van der Waals surface area contributed by atoms with Crippen LogP contribution in [-0.2, 0) is 15.9 Å². The molecule has 0 aliphatic carbocycles. The third-order valence-electron chi connectivity index (χ3n) is 7.71. The number of aryl methyl sites for hydroxylation is 1. The van der Waals surface area contributed by atoms with Crippen molar-refractivity contribution in [2.75, 3.05) is 31.8 Å². The molecule has 0 bridgehead atoms. The molecule has 2 heterocycles. The Balaban J connectivity index is 1.44. The van der Waals surface area contributed by atoms with Crippen molar-refractivity contribution in [3.63, 3.8) is 0 Å². The maximum Gasteiger partial charge on any atom is 0.414 e. The van der Waals surface area contributed by atoms with Crippen LogP contribution in [0.4, 0.5) is 10.5 Å². The Kier molecular flexibility index (Phi) is 7.65. The number of hydrogen-bond donors (Lipinski definition) is 1. The molecule has 0 aromatic heterocycles. The van der Waals surface area contributed by atoms with E-state index in [1.165, 1.54) is 10.8 Å². The Morgan fingerprint density at radius 1 is 1.06 bits per heavy atom. The summed E-state index contributed by atoms with van der Waals surface area (Å²) in [6.45, 7) is 8.38. The number of anilines is 1. The van der Waals surface area contributed by atoms with Crippen LogP contribution in [0.2, 0.25) is 18.6 Å². The highest BCUT2D eigenvalue weighted by Crippen LogP contribution is 2.46. The van der Waals surface area contributed by atoms with E-state index in [1.807, 2.05) is 12.1 Å². The predicted octanol–water partition coefficient (Wildman–Crippen LogP) is 4.36. The SMILES string of the molecule is COc1ccc([Si](C)(C)[C@H]2[C@H](C)[C@H](CCc3ccc(N4CCOC4=O)cc3)O[C@@H]2CCO)cc1. The molecule has 0 radical (unpaired) electrons. The lowest BCUT2D eigenvalue weighted by Gasteiger charge is -2.36. The smallest absolute Gasteiger partial charge is 0.414 e. The van der Waals surface area contributed by atoms with Gasteiger partial charge in [0.2, 0.25) is 0 Å². The molecule has 4 atom stereocenters. The fraction of sp³-hybridized carbons (Fsp3) is 0.519. The molecule has 1 N–H and O–H groups in total. The van der Waals surface area contributed by atoms with Crippen molar-refractivity contribution in [3.8, 4) is 5.75 Å². The molecule has 0 spiro atoms. The molecule has 2 aromatic carbocycles. The summed E-state index contributed by atoms with van der Waals surface area (Å²) >= 11 is 0. The van der Waals surface area contributed by atoms with Gasteiger partial charge in [-0.3, -0.25) is 4.90 Å². The van der Waals surface area contributed by atoms with Crippen molar-refractivity contribution in [2.45, 2.75) is 57.0 Å². The normalized spacial score (nSPS) is 25.0. The van der Waals surface area contributed by atoms with Gasteiger partial charge in [-0.25, -0.2) is 4.79 Å². The van der Waals surface area contributed by atoms with E-state index < -0.39 is 8.07 Å². The number of cyclic esters (lactones) is 1. The second-order valence-electron chi connectivity index (χ2n) is 10.0. The zero-order valence-electron chi connectivity index (χ0n) is 20.7. The van der Waals surface area contributed by atoms with Gasteiger partial charge in [0.05, 0.1) is 33.9 Å². The molecular weight excluding hydrogens is 446 g/mol. The van der Waals surface area contributed by atoms with Crippen molar-refractivity contribution in [1.82, 2.24) is 0 Å². The first-order valence-corrected chi connectivity index (χ1v) is 15.4. The molecule has 2 saturated heterocycles. The average Bonchev–Trinajstić information content (AvgIpc) is 3.41. The fourth-order valence-corrected chi connectivity index (χ4v) is 9.94. The van der Waals surface area contributed by atoms with Crippen molar-refractivity contribution >= 4 is 25.0 Å². The van der Waals surface area contributed by atoms with Crippen molar-refractivity contribution in [2.24, 2.45) is 5.92 Å². The second kappa shape index (κ2) is 10.5. The van der Waals surface area contributed by atoms with Gasteiger partial charge in [0, 0.05) is 12.3 Å². The van der Waals surface area contributed by atoms with Crippen LogP contribution in [0, 0.1) is 5.92 Å². The van der Waals surface area contributed by atoms with Gasteiger partial charge >= 0.3 is 6.09 Å². The lowest BCUT2D eigenvalue weighted by molar-refractivity contribution is 0.0196. The summed E-state index contributed by atoms with van der Waals surface area (Å²) in [5.74, 6) is 1.29. The number of nitrogens with zero attached hydrogens (tertiary/aromatic N) is 1. The van der Waals surface area contributed by atoms with Gasteiger partial charge in [0.15, 0.2) is 0 Å². The minimum atomic E-state index is -1.87. The van der Waals surface area contributed by atoms with Crippen molar-refractivity contribution < 1.29 is 24.1 Å². The topological polar surface area (TPSA) is 68.2 Å². The van der Waals surface area contributed by atoms with E-state index in [0.29, 0.717) is 31.0 Å². The van der Waals surface area contributed by atoms with Gasteiger partial charge in [0.25, 0.3) is 0 Å². The van der Waals surface area contributed by atoms with E-state index in [1.54, 1.807) is 12.0 Å². The Bertz CT molecular complexity index is 962. The molecule has 2 fully saturated rings. The molecule has 4 rings (SSSR count). The van der Waals surface area contributed by atoms with E-state index in [9.17, 15) is 9.90 Å². The van der Waals surface area contributed by atoms with Crippen LogP contribution >= 0.6 is 0 Å². The highest BCUT2D eigenvalue weighted by molar-refractivity contribution is 6.91. The molecule has 2 aliphatic rings. The van der Waals surface area contributed by atoms with Gasteiger partial charge < -0.3 is 19.3 Å². The average molecular weight is 484 g/mol. The number of carbonyl (C=O) groups excluding carboxylic acids is 1. The van der Waals surface area contributed by atoms with E-state index >= 15 is 0 Å². The summed E-state index contributed by atoms with van der Waals surface area (Å²) in [6, 6.07) is 16.7. The maximum absolute atomic E-state index is 11.8. The number of hydrogen-bond acceptors (Lipinski definition) is 5. The number of aliphatic hydroxyl groups is 1. The van der Waals surface area contributed by atoms with Crippen LogP contribution in [0.5, 0.6) is 5.75 Å². The second-order valence-corrected chi connectivity index (χ2v) is 14.7. The number of aliphatic hydroxyl groups excluding tert-OH is 1. The monoisotopic (exact) mass is 483 g/mol. The molecule has 34 heavy (non-hydrogen) atoms. The minimum Gasteiger partial charge on any atom is -0.497 e. The number of amides is 1. The Morgan fingerprint density at radius 2 is 1.76 bits per heavy atom. The molecular formula is C27H37NO5Si. The largest absolute Gasteiger partial charge is 0.497 e. The number of rotatable bonds is 9. The molecule has 1 amide bonds. The minimum absolute atomic E-state index is 0.0809. The van der Waals surface area contributed by atoms with Crippen LogP contribution in [0.15, 0.2) is 48.5 Å². The standard InChI is InChI=1S/C27H37NO5Si/c1-19-24(14-7-20-5-8-21(9-6-20)28-16-18-32-27(28)30)33-25(15-17-29)26(19)34(3,4)23-12-10-22(31-2)11-13-23/h5-6,8-13,19,24-26,29H,7,14-18H2,1-4H3/t19-,24+,25-,26+/m1/s1. The number of benzene rings is 2. The number of ether oxygens (including phenoxy) is 3. The lowest BCUT2D eigenvalue weighted by atomic mass is 9.95. The molecule has 6 nitrogen and oxygen atoms in total. The predicted molar refractivity (Wildman–Crippen MR) is 137 cm³/mol. The first-order chi connectivity index (χ1) is 16.3. The van der Waals surface area contributed by atoms with Crippen molar-refractivity contribution in [1.29, 1.82) is 0 Å². The Morgan fingerprint density at radius 3 is 2.35 bits per heavy atom. The molecule has 7 heteroatoms. The van der Waals surface area contributed by atoms with E-state index in [2.05, 4.69) is 56.4 Å². The number of methoxy groups -OCH3 is 1. The summed E-state index contributed by atoms with van der Waals surface area (Å²) in [7, 11) is -0.171. The van der Waals surface area contributed by atoms with Crippen LogP contribution in [0.3, 0.4) is 0 Å². The third-order valence-corrected chi connectivity index (χ3v) is 12.1. The quantitative estimate of drug-likeness (QED) is 0.537. The first kappa shape index (κ1) is 24.8. The zero-order chi connectivity index (χ0) is 24.3. The van der Waals surface area contributed by atoms with Gasteiger partial charge in [-0.15, -0.1) is 0 Å². The maximum atomic E-state index is 11.8. The molecule has 184 valence electrons. The molecule has 2 aromatic rings. The Labute approximate surface area is 203 Å². The summed E-state index contributed by atoms with van der Waals surface area (Å²) in [6.07, 6.45) is 2.52. The van der Waals surface area contributed by atoms with Crippen LogP contribution in [0.25, 0.3) is 0 Å². The molecule has 0 unspecified atom stereocenters.